The Balaban J connectivity index is 0. The van der Waals surface area contributed by atoms with Gasteiger partial charge in [0.1, 0.15) is 0 Å². The van der Waals surface area contributed by atoms with Gasteiger partial charge in [-0.25, -0.2) is 0 Å². The van der Waals surface area contributed by atoms with Gasteiger partial charge in [0.2, 0.25) is 0 Å². The average Bonchev–Trinajstić information content (AvgIpc) is 0.811. The van der Waals surface area contributed by atoms with Crippen molar-refractivity contribution in [3.05, 3.63) is 0 Å². The van der Waals surface area contributed by atoms with Gasteiger partial charge in [0.25, 0.3) is 0 Å². The molecule has 0 amide bonds. The standard InChI is InChI=1S/H3O3P.P/c1-4(2)3;/h4H,(H2,1,2,3);. The molecule has 0 heterocycles. The van der Waals surface area contributed by atoms with E-state index in [4.69, 9.17) is 14.4 Å². The summed E-state index contributed by atoms with van der Waals surface area (Å²) in [7, 11) is -3.13. The van der Waals surface area contributed by atoms with Crippen molar-refractivity contribution in [2.45, 2.75) is 0 Å². The van der Waals surface area contributed by atoms with Crippen LogP contribution in [0.5, 0.6) is 0 Å². The second kappa shape index (κ2) is 4.58. The molecule has 0 saturated carbocycles. The number of hydrogen-bond donors (Lipinski definition) is 2. The highest BCUT2D eigenvalue weighted by molar-refractivity contribution is 7.30. The Kier molecular flexibility index (Phi) is 8.37. The van der Waals surface area contributed by atoms with Gasteiger partial charge < -0.3 is 9.79 Å². The summed E-state index contributed by atoms with van der Waals surface area (Å²) in [5.74, 6) is 0. The topological polar surface area (TPSA) is 57.5 Å². The predicted molar refractivity (Wildman–Crippen MR) is 20.4 cm³/mol. The maximum atomic E-state index is 8.74. The lowest BCUT2D eigenvalue weighted by atomic mass is 15.8. The van der Waals surface area contributed by atoms with Crippen LogP contribution in [0.2, 0.25) is 0 Å². The van der Waals surface area contributed by atoms with Crippen LogP contribution in [0.25, 0.3) is 0 Å². The second-order valence-corrected chi connectivity index (χ2v) is 0.848. The third kappa shape index (κ3) is 90.6. The minimum atomic E-state index is -3.13. The molecule has 3 nitrogen and oxygen atoms in total. The van der Waals surface area contributed by atoms with Gasteiger partial charge in [0.05, 0.1) is 0 Å². The first-order valence-electron chi connectivity index (χ1n) is 0.651. The van der Waals surface area contributed by atoms with E-state index < -0.39 is 8.25 Å². The van der Waals surface area contributed by atoms with Gasteiger partial charge in [-0.15, -0.1) is 0 Å². The average molecular weight is 113 g/mol. The molecule has 0 aliphatic rings. The summed E-state index contributed by atoms with van der Waals surface area (Å²) in [6.45, 7) is 0. The fourth-order valence-electron chi connectivity index (χ4n) is 0. The molecule has 0 atom stereocenters. The van der Waals surface area contributed by atoms with E-state index >= 15 is 0 Å². The lowest BCUT2D eigenvalue weighted by Gasteiger charge is -1.61. The van der Waals surface area contributed by atoms with E-state index in [0.29, 0.717) is 0 Å². The highest BCUT2D eigenvalue weighted by Gasteiger charge is 1.61. The molecule has 0 aromatic heterocycles. The molecule has 0 rings (SSSR count). The van der Waals surface area contributed by atoms with E-state index in [0.717, 1.165) is 0 Å². The van der Waals surface area contributed by atoms with Crippen LogP contribution in [-0.4, -0.2) is 9.79 Å². The van der Waals surface area contributed by atoms with Gasteiger partial charge in [-0.05, 0) is 0 Å². The van der Waals surface area contributed by atoms with Gasteiger partial charge in [-0.3, -0.25) is 4.57 Å². The Labute approximate surface area is 33.6 Å². The van der Waals surface area contributed by atoms with Crippen molar-refractivity contribution in [2.24, 2.45) is 0 Å². The third-order valence-electron chi connectivity index (χ3n) is 0. The van der Waals surface area contributed by atoms with Crippen molar-refractivity contribution >= 4 is 18.2 Å². The summed E-state index contributed by atoms with van der Waals surface area (Å²) in [6, 6.07) is 0. The lowest BCUT2D eigenvalue weighted by molar-refractivity contribution is 0.405. The minimum absolute atomic E-state index is 0. The van der Waals surface area contributed by atoms with Crippen molar-refractivity contribution in [3.8, 4) is 0 Å². The molecule has 0 unspecified atom stereocenters. The molecule has 31 valence electrons. The van der Waals surface area contributed by atoms with Gasteiger partial charge in [-0.2, -0.15) is 0 Å². The summed E-state index contributed by atoms with van der Waals surface area (Å²) in [5.41, 5.74) is 0. The van der Waals surface area contributed by atoms with E-state index in [1.807, 2.05) is 0 Å². The molecule has 0 bridgehead atoms. The van der Waals surface area contributed by atoms with E-state index in [1.165, 1.54) is 0 Å². The molecule has 0 aliphatic heterocycles. The fraction of sp³-hybridized carbons (Fsp3) is 0. The van der Waals surface area contributed by atoms with E-state index in [9.17, 15) is 0 Å². The van der Waals surface area contributed by atoms with Crippen molar-refractivity contribution in [1.29, 1.82) is 0 Å². The van der Waals surface area contributed by atoms with E-state index in [1.54, 1.807) is 0 Å². The number of rotatable bonds is 0. The molecular weight excluding hydrogens is 110 g/mol. The van der Waals surface area contributed by atoms with Gasteiger partial charge in [0, 0.05) is 9.90 Å². The summed E-state index contributed by atoms with van der Waals surface area (Å²) < 4.78 is 8.74. The Morgan fingerprint density at radius 1 is 1.40 bits per heavy atom. The molecule has 0 aromatic rings. The summed E-state index contributed by atoms with van der Waals surface area (Å²) in [4.78, 5) is 14.3. The zero-order valence-corrected chi connectivity index (χ0v) is 4.14. The Morgan fingerprint density at radius 3 is 1.40 bits per heavy atom. The van der Waals surface area contributed by atoms with Crippen LogP contribution in [-0.2, 0) is 4.57 Å². The maximum absolute atomic E-state index is 8.74. The van der Waals surface area contributed by atoms with Crippen molar-refractivity contribution in [1.82, 2.24) is 0 Å². The lowest BCUT2D eigenvalue weighted by Crippen LogP contribution is -1.38. The largest absolute Gasteiger partial charge is 0.326 e. The molecule has 0 aromatic carbocycles. The van der Waals surface area contributed by atoms with Crippen molar-refractivity contribution in [2.75, 3.05) is 0 Å². The van der Waals surface area contributed by atoms with Crippen LogP contribution in [0.3, 0.4) is 0 Å². The van der Waals surface area contributed by atoms with Crippen LogP contribution in [0.15, 0.2) is 0 Å². The van der Waals surface area contributed by atoms with Crippen molar-refractivity contribution in [3.63, 3.8) is 0 Å². The summed E-state index contributed by atoms with van der Waals surface area (Å²) in [6.07, 6.45) is 0. The predicted octanol–water partition coefficient (Wildman–Crippen LogP) is 0.222. The van der Waals surface area contributed by atoms with Crippen LogP contribution in [0.1, 0.15) is 0 Å². The van der Waals surface area contributed by atoms with Crippen LogP contribution in [0.4, 0.5) is 0 Å². The quantitative estimate of drug-likeness (QED) is 0.442. The first kappa shape index (κ1) is 9.13. The minimum Gasteiger partial charge on any atom is -0.326 e. The van der Waals surface area contributed by atoms with Crippen LogP contribution < -0.4 is 0 Å². The Hall–Kier alpha value is 0.580. The molecule has 0 fully saturated rings. The highest BCUT2D eigenvalue weighted by atomic mass is 31.1. The zero-order chi connectivity index (χ0) is 3.58. The number of hydrogen-bond acceptors (Lipinski definition) is 1. The van der Waals surface area contributed by atoms with Gasteiger partial charge in [0.15, 0.2) is 0 Å². The Bertz CT molecular complexity index is 27.9. The zero-order valence-electron chi connectivity index (χ0n) is 2.25. The summed E-state index contributed by atoms with van der Waals surface area (Å²) in [5, 5.41) is 0. The smallest absolute Gasteiger partial charge is 0.314 e. The normalized spacial score (nSPS) is 7.00. The van der Waals surface area contributed by atoms with E-state index in [2.05, 4.69) is 0 Å². The monoisotopic (exact) mass is 113 g/mol. The third-order valence-corrected chi connectivity index (χ3v) is 0. The molecule has 2 N–H and O–H groups in total. The SMILES string of the molecule is O=[PH](O)O.[P]. The van der Waals surface area contributed by atoms with Crippen LogP contribution >= 0.6 is 18.2 Å². The molecule has 5 heteroatoms. The Morgan fingerprint density at radius 2 is 1.40 bits per heavy atom. The molecule has 3 radical (unpaired) electrons. The molecule has 0 saturated heterocycles. The van der Waals surface area contributed by atoms with Crippen LogP contribution in [0, 0.1) is 0 Å². The van der Waals surface area contributed by atoms with Gasteiger partial charge in [-0.1, -0.05) is 0 Å². The summed E-state index contributed by atoms with van der Waals surface area (Å²) >= 11 is 0. The fourth-order valence-corrected chi connectivity index (χ4v) is 0. The first-order valence-corrected chi connectivity index (χ1v) is 1.95. The molecule has 0 aliphatic carbocycles. The van der Waals surface area contributed by atoms with Crippen molar-refractivity contribution < 1.29 is 14.4 Å². The molecular formula is H3O3P2. The maximum Gasteiger partial charge on any atom is 0.314 e. The van der Waals surface area contributed by atoms with E-state index in [-0.39, 0.29) is 9.90 Å². The molecule has 0 spiro atoms. The van der Waals surface area contributed by atoms with Gasteiger partial charge >= 0.3 is 8.25 Å². The second-order valence-electron chi connectivity index (χ2n) is 0.283. The first-order chi connectivity index (χ1) is 1.73. The molecule has 5 heavy (non-hydrogen) atoms. The highest BCUT2D eigenvalue weighted by Crippen LogP contribution is 1.98.